The first-order chi connectivity index (χ1) is 5.17. The van der Waals surface area contributed by atoms with Gasteiger partial charge in [0.15, 0.2) is 0 Å². The van der Waals surface area contributed by atoms with Gasteiger partial charge in [0.2, 0.25) is 0 Å². The van der Waals surface area contributed by atoms with Crippen LogP contribution in [0, 0.1) is 0 Å². The molecule has 0 atom stereocenters. The second-order valence-electron chi connectivity index (χ2n) is 2.84. The molecule has 62 valence electrons. The Balaban J connectivity index is 2.93. The van der Waals surface area contributed by atoms with Crippen molar-refractivity contribution in [3.8, 4) is 0 Å². The van der Waals surface area contributed by atoms with Gasteiger partial charge in [-0.1, -0.05) is 18.2 Å². The van der Waals surface area contributed by atoms with Crippen LogP contribution in [-0.4, -0.2) is 19.6 Å². The summed E-state index contributed by atoms with van der Waals surface area (Å²) in [6, 6.07) is 10.6. The SMILES string of the molecule is CNS(C)(C)c1ccccc1. The average Bonchev–Trinajstić information content (AvgIpc) is 2.06. The zero-order chi connectivity index (χ0) is 8.32. The molecule has 1 aromatic rings. The van der Waals surface area contributed by atoms with E-state index in [1.165, 1.54) is 4.90 Å². The lowest BCUT2D eigenvalue weighted by Crippen LogP contribution is -2.13. The minimum atomic E-state index is -0.748. The minimum absolute atomic E-state index is 0.748. The molecule has 1 aromatic carbocycles. The van der Waals surface area contributed by atoms with E-state index >= 15 is 0 Å². The molecule has 0 spiro atoms. The van der Waals surface area contributed by atoms with Gasteiger partial charge in [0.1, 0.15) is 0 Å². The summed E-state index contributed by atoms with van der Waals surface area (Å²) >= 11 is 0. The van der Waals surface area contributed by atoms with Gasteiger partial charge in [-0.15, -0.1) is 0 Å². The maximum Gasteiger partial charge on any atom is 0.00166 e. The molecule has 1 rings (SSSR count). The molecule has 0 aliphatic rings. The van der Waals surface area contributed by atoms with Gasteiger partial charge in [-0.2, -0.15) is 10.2 Å². The Morgan fingerprint density at radius 1 is 1.09 bits per heavy atom. The van der Waals surface area contributed by atoms with Crippen LogP contribution < -0.4 is 4.72 Å². The lowest BCUT2D eigenvalue weighted by atomic mass is 10.4. The minimum Gasteiger partial charge on any atom is -0.280 e. The number of nitrogens with one attached hydrogen (secondary N) is 1. The summed E-state index contributed by atoms with van der Waals surface area (Å²) in [6.45, 7) is 0. The van der Waals surface area contributed by atoms with Crippen LogP contribution in [0.3, 0.4) is 0 Å². The van der Waals surface area contributed by atoms with Crippen LogP contribution >= 0.6 is 10.2 Å². The van der Waals surface area contributed by atoms with Crippen molar-refractivity contribution in [1.29, 1.82) is 0 Å². The predicted molar refractivity (Wildman–Crippen MR) is 53.2 cm³/mol. The molecule has 0 unspecified atom stereocenters. The Bertz CT molecular complexity index is 218. The molecule has 0 radical (unpaired) electrons. The smallest absolute Gasteiger partial charge is 0.00166 e. The summed E-state index contributed by atoms with van der Waals surface area (Å²) in [5.41, 5.74) is 0. The molecule has 0 saturated heterocycles. The molecule has 0 heterocycles. The molecule has 11 heavy (non-hydrogen) atoms. The van der Waals surface area contributed by atoms with E-state index in [0.29, 0.717) is 0 Å². The van der Waals surface area contributed by atoms with Crippen LogP contribution in [0.4, 0.5) is 0 Å². The fourth-order valence-corrected chi connectivity index (χ4v) is 1.95. The molecular weight excluding hydrogens is 154 g/mol. The topological polar surface area (TPSA) is 12.0 Å². The second-order valence-corrected chi connectivity index (χ2v) is 6.38. The average molecular weight is 169 g/mol. The zero-order valence-corrected chi connectivity index (χ0v) is 8.11. The van der Waals surface area contributed by atoms with Gasteiger partial charge in [-0.05, 0) is 31.7 Å². The summed E-state index contributed by atoms with van der Waals surface area (Å²) in [6.07, 6.45) is 4.50. The highest BCUT2D eigenvalue weighted by Gasteiger charge is 2.09. The van der Waals surface area contributed by atoms with Crippen LogP contribution in [-0.2, 0) is 0 Å². The standard InChI is InChI=1S/C9H15NS/c1-10-11(2,3)9-7-5-4-6-8-9/h4-8,10H,1-3H3. The molecule has 1 N–H and O–H groups in total. The number of hydrogen-bond donors (Lipinski definition) is 1. The maximum atomic E-state index is 3.34. The maximum absolute atomic E-state index is 3.34. The van der Waals surface area contributed by atoms with Gasteiger partial charge >= 0.3 is 0 Å². The highest BCUT2D eigenvalue weighted by atomic mass is 32.3. The zero-order valence-electron chi connectivity index (χ0n) is 7.29. The van der Waals surface area contributed by atoms with Gasteiger partial charge in [0.05, 0.1) is 0 Å². The second kappa shape index (κ2) is 3.28. The molecule has 2 heteroatoms. The van der Waals surface area contributed by atoms with Crippen LogP contribution in [0.25, 0.3) is 0 Å². The van der Waals surface area contributed by atoms with Crippen molar-refractivity contribution in [1.82, 2.24) is 4.72 Å². The Morgan fingerprint density at radius 3 is 2.09 bits per heavy atom. The van der Waals surface area contributed by atoms with Crippen molar-refractivity contribution < 1.29 is 0 Å². The van der Waals surface area contributed by atoms with Gasteiger partial charge in [-0.25, -0.2) is 0 Å². The number of benzene rings is 1. The number of rotatable bonds is 2. The van der Waals surface area contributed by atoms with Gasteiger partial charge in [0, 0.05) is 4.90 Å². The monoisotopic (exact) mass is 169 g/mol. The van der Waals surface area contributed by atoms with Crippen LogP contribution in [0.15, 0.2) is 35.2 Å². The van der Waals surface area contributed by atoms with E-state index < -0.39 is 10.2 Å². The fraction of sp³-hybridized carbons (Fsp3) is 0.333. The van der Waals surface area contributed by atoms with Crippen molar-refractivity contribution in [3.63, 3.8) is 0 Å². The summed E-state index contributed by atoms with van der Waals surface area (Å²) in [4.78, 5) is 1.41. The molecule has 0 saturated carbocycles. The molecule has 0 aliphatic heterocycles. The first-order valence-electron chi connectivity index (χ1n) is 3.64. The van der Waals surface area contributed by atoms with Crippen LogP contribution in [0.2, 0.25) is 0 Å². The summed E-state index contributed by atoms with van der Waals surface area (Å²) in [5, 5.41) is 0. The lowest BCUT2D eigenvalue weighted by Gasteiger charge is -2.30. The van der Waals surface area contributed by atoms with Gasteiger partial charge in [-0.3, -0.25) is 4.72 Å². The van der Waals surface area contributed by atoms with Crippen molar-refractivity contribution in [2.45, 2.75) is 4.90 Å². The van der Waals surface area contributed by atoms with E-state index in [-0.39, 0.29) is 0 Å². The largest absolute Gasteiger partial charge is 0.280 e. The molecule has 0 fully saturated rings. The number of hydrogen-bond acceptors (Lipinski definition) is 1. The quantitative estimate of drug-likeness (QED) is 0.716. The van der Waals surface area contributed by atoms with Gasteiger partial charge in [0.25, 0.3) is 0 Å². The predicted octanol–water partition coefficient (Wildman–Crippen LogP) is 2.24. The van der Waals surface area contributed by atoms with Crippen LogP contribution in [0.1, 0.15) is 0 Å². The molecule has 0 aromatic heterocycles. The highest BCUT2D eigenvalue weighted by molar-refractivity contribution is 8.31. The van der Waals surface area contributed by atoms with Crippen molar-refractivity contribution in [3.05, 3.63) is 30.3 Å². The fourth-order valence-electron chi connectivity index (χ4n) is 0.879. The van der Waals surface area contributed by atoms with Crippen molar-refractivity contribution in [2.75, 3.05) is 19.6 Å². The van der Waals surface area contributed by atoms with E-state index in [0.717, 1.165) is 0 Å². The molecular formula is C9H15NS. The Morgan fingerprint density at radius 2 is 1.64 bits per heavy atom. The first-order valence-corrected chi connectivity index (χ1v) is 6.08. The lowest BCUT2D eigenvalue weighted by molar-refractivity contribution is 1.23. The Kier molecular flexibility index (Phi) is 2.58. The van der Waals surface area contributed by atoms with E-state index in [9.17, 15) is 0 Å². The van der Waals surface area contributed by atoms with E-state index in [1.54, 1.807) is 0 Å². The Hall–Kier alpha value is -0.470. The third kappa shape index (κ3) is 1.98. The summed E-state index contributed by atoms with van der Waals surface area (Å²) < 4.78 is 3.34. The third-order valence-corrected chi connectivity index (χ3v) is 4.31. The third-order valence-electron chi connectivity index (χ3n) is 1.84. The first kappa shape index (κ1) is 8.62. The van der Waals surface area contributed by atoms with E-state index in [2.05, 4.69) is 47.6 Å². The summed E-state index contributed by atoms with van der Waals surface area (Å²) in [5.74, 6) is 0. The van der Waals surface area contributed by atoms with Crippen LogP contribution in [0.5, 0.6) is 0 Å². The molecule has 0 aliphatic carbocycles. The van der Waals surface area contributed by atoms with E-state index in [1.807, 2.05) is 7.05 Å². The molecule has 0 amide bonds. The Labute approximate surface area is 70.3 Å². The molecule has 1 nitrogen and oxygen atoms in total. The van der Waals surface area contributed by atoms with Crippen molar-refractivity contribution in [2.24, 2.45) is 0 Å². The van der Waals surface area contributed by atoms with Gasteiger partial charge < -0.3 is 0 Å². The normalized spacial score (nSPS) is 13.0. The molecule has 0 bridgehead atoms. The van der Waals surface area contributed by atoms with E-state index in [4.69, 9.17) is 0 Å². The van der Waals surface area contributed by atoms with Crippen molar-refractivity contribution >= 4 is 10.2 Å². The summed E-state index contributed by atoms with van der Waals surface area (Å²) in [7, 11) is 1.27. The highest BCUT2D eigenvalue weighted by Crippen LogP contribution is 2.43.